The van der Waals surface area contributed by atoms with Gasteiger partial charge in [0.25, 0.3) is 5.91 Å². The van der Waals surface area contributed by atoms with Crippen molar-refractivity contribution >= 4 is 40.6 Å². The van der Waals surface area contributed by atoms with Crippen molar-refractivity contribution in [1.82, 2.24) is 24.8 Å². The summed E-state index contributed by atoms with van der Waals surface area (Å²) in [5, 5.41) is 9.19. The van der Waals surface area contributed by atoms with Gasteiger partial charge >= 0.3 is 12.2 Å². The van der Waals surface area contributed by atoms with Crippen LogP contribution < -0.4 is 20.4 Å². The molecule has 52 heavy (non-hydrogen) atoms. The van der Waals surface area contributed by atoms with E-state index in [1.54, 1.807) is 46.1 Å². The molecule has 2 fully saturated rings. The minimum atomic E-state index is -4.65. The van der Waals surface area contributed by atoms with E-state index in [0.717, 1.165) is 17.2 Å². The van der Waals surface area contributed by atoms with E-state index in [1.807, 2.05) is 37.3 Å². The first-order valence-electron chi connectivity index (χ1n) is 16.6. The summed E-state index contributed by atoms with van der Waals surface area (Å²) < 4.78 is 44.8. The average molecular weight is 707 g/mol. The standard InChI is InChI=1S/C38H33F3N8O3/c1-25-4-7-28(21-27(25)8-12-31-23-42-34-3-2-15-43-49(31)34)36(51)44-29-9-13-33(32(22-29)38(39,40)41)47-19-17-46(18-20-47)24-26-5-10-30(11-6-26)48-16-14-35(50)45-37(48)52/h2-7,9-11,13,15,21-23H,14,16-20,24H2,1H3,(H,44,51)(H,45,50,52). The Morgan fingerprint density at radius 1 is 0.942 bits per heavy atom. The van der Waals surface area contributed by atoms with Crippen molar-refractivity contribution in [3.05, 3.63) is 119 Å². The van der Waals surface area contributed by atoms with E-state index in [9.17, 15) is 27.6 Å². The highest BCUT2D eigenvalue weighted by molar-refractivity contribution is 6.06. The maximum atomic E-state index is 14.4. The van der Waals surface area contributed by atoms with Gasteiger partial charge in [-0.1, -0.05) is 24.1 Å². The van der Waals surface area contributed by atoms with Crippen LogP contribution in [0.25, 0.3) is 5.65 Å². The van der Waals surface area contributed by atoms with Crippen molar-refractivity contribution in [3.63, 3.8) is 0 Å². The molecule has 264 valence electrons. The first kappa shape index (κ1) is 34.3. The highest BCUT2D eigenvalue weighted by Gasteiger charge is 2.36. The predicted molar refractivity (Wildman–Crippen MR) is 189 cm³/mol. The van der Waals surface area contributed by atoms with Gasteiger partial charge in [0.1, 0.15) is 5.69 Å². The maximum absolute atomic E-state index is 14.4. The van der Waals surface area contributed by atoms with Crippen LogP contribution in [0.15, 0.2) is 85.2 Å². The maximum Gasteiger partial charge on any atom is 0.418 e. The lowest BCUT2D eigenvalue weighted by Crippen LogP contribution is -2.49. The van der Waals surface area contributed by atoms with Crippen molar-refractivity contribution in [2.45, 2.75) is 26.1 Å². The molecule has 0 unspecified atom stereocenters. The molecule has 11 nitrogen and oxygen atoms in total. The molecule has 2 aromatic heterocycles. The van der Waals surface area contributed by atoms with E-state index in [4.69, 9.17) is 0 Å². The summed E-state index contributed by atoms with van der Waals surface area (Å²) in [7, 11) is 0. The number of fused-ring (bicyclic) bond motifs is 1. The third kappa shape index (κ3) is 7.45. The summed E-state index contributed by atoms with van der Waals surface area (Å²) in [5.74, 6) is 5.24. The number of urea groups is 1. The number of carbonyl (C=O) groups is 3. The van der Waals surface area contributed by atoms with Crippen LogP contribution in [0, 0.1) is 18.8 Å². The Morgan fingerprint density at radius 3 is 2.48 bits per heavy atom. The Balaban J connectivity index is 0.997. The number of imidazole rings is 1. The van der Waals surface area contributed by atoms with Crippen molar-refractivity contribution in [1.29, 1.82) is 0 Å². The zero-order valence-electron chi connectivity index (χ0n) is 28.1. The fraction of sp³-hybridized carbons (Fsp3) is 0.237. The van der Waals surface area contributed by atoms with E-state index >= 15 is 0 Å². The first-order chi connectivity index (χ1) is 25.0. The number of alkyl halides is 3. The summed E-state index contributed by atoms with van der Waals surface area (Å²) in [5.41, 5.74) is 3.84. The molecule has 4 amide bonds. The number of nitrogens with zero attached hydrogens (tertiary/aromatic N) is 6. The smallest absolute Gasteiger partial charge is 0.368 e. The van der Waals surface area contributed by atoms with Crippen LogP contribution in [0.5, 0.6) is 0 Å². The molecule has 14 heteroatoms. The second-order valence-electron chi connectivity index (χ2n) is 12.6. The molecule has 2 aliphatic rings. The zero-order valence-corrected chi connectivity index (χ0v) is 28.1. The van der Waals surface area contributed by atoms with E-state index in [1.165, 1.54) is 17.0 Å². The topological polar surface area (TPSA) is 115 Å². The number of anilines is 3. The Bertz CT molecular complexity index is 2230. The Labute approximate surface area is 297 Å². The molecule has 3 aromatic carbocycles. The van der Waals surface area contributed by atoms with Crippen LogP contribution >= 0.6 is 0 Å². The minimum absolute atomic E-state index is 0.0294. The number of hydrogen-bond acceptors (Lipinski definition) is 7. The average Bonchev–Trinajstić information content (AvgIpc) is 3.55. The summed E-state index contributed by atoms with van der Waals surface area (Å²) >= 11 is 0. The molecular weight excluding hydrogens is 673 g/mol. The van der Waals surface area contributed by atoms with Crippen molar-refractivity contribution in [2.24, 2.45) is 0 Å². The van der Waals surface area contributed by atoms with Crippen molar-refractivity contribution in [3.8, 4) is 11.8 Å². The molecule has 0 atom stereocenters. The fourth-order valence-electron chi connectivity index (χ4n) is 6.26. The molecular formula is C38H33F3N8O3. The summed E-state index contributed by atoms with van der Waals surface area (Å²) in [6.07, 6.45) is -1.17. The fourth-order valence-corrected chi connectivity index (χ4v) is 6.26. The number of rotatable bonds is 6. The van der Waals surface area contributed by atoms with Crippen molar-refractivity contribution < 1.29 is 27.6 Å². The molecule has 2 saturated heterocycles. The van der Waals surface area contributed by atoms with Crippen LogP contribution in [0.3, 0.4) is 0 Å². The van der Waals surface area contributed by atoms with Gasteiger partial charge in [-0.25, -0.2) is 14.3 Å². The lowest BCUT2D eigenvalue weighted by molar-refractivity contribution is -0.137. The van der Waals surface area contributed by atoms with Gasteiger partial charge in [0.05, 0.1) is 11.8 Å². The molecule has 0 spiro atoms. The predicted octanol–water partition coefficient (Wildman–Crippen LogP) is 5.48. The lowest BCUT2D eigenvalue weighted by atomic mass is 10.0. The molecule has 5 aromatic rings. The number of halogens is 3. The SMILES string of the molecule is Cc1ccc(C(=O)Nc2ccc(N3CCN(Cc4ccc(N5CCC(=O)NC5=O)cc4)CC3)c(C(F)(F)F)c2)cc1C#Cc1cnc2cccnn12. The third-order valence-corrected chi connectivity index (χ3v) is 9.08. The zero-order chi connectivity index (χ0) is 36.4. The quantitative estimate of drug-likeness (QED) is 0.225. The van der Waals surface area contributed by atoms with Crippen LogP contribution in [-0.2, 0) is 17.5 Å². The van der Waals surface area contributed by atoms with E-state index in [2.05, 4.69) is 37.5 Å². The van der Waals surface area contributed by atoms with E-state index < -0.39 is 23.7 Å². The van der Waals surface area contributed by atoms with Crippen molar-refractivity contribution in [2.75, 3.05) is 47.8 Å². The van der Waals surface area contributed by atoms with Crippen LogP contribution in [-0.4, -0.2) is 70.1 Å². The number of benzene rings is 3. The number of aromatic nitrogens is 3. The number of aryl methyl sites for hydroxylation is 1. The Kier molecular flexibility index (Phi) is 9.35. The number of hydrogen-bond donors (Lipinski definition) is 2. The molecule has 0 radical (unpaired) electrons. The Hall–Kier alpha value is -6.20. The summed E-state index contributed by atoms with van der Waals surface area (Å²) in [6.45, 7) is 4.61. The van der Waals surface area contributed by atoms with Gasteiger partial charge < -0.3 is 10.2 Å². The van der Waals surface area contributed by atoms with Gasteiger partial charge in [-0.2, -0.15) is 18.3 Å². The van der Waals surface area contributed by atoms with Gasteiger partial charge in [0.2, 0.25) is 5.91 Å². The van der Waals surface area contributed by atoms with Crippen LogP contribution in [0.4, 0.5) is 35.0 Å². The van der Waals surface area contributed by atoms with Gasteiger partial charge in [-0.05, 0) is 78.6 Å². The highest BCUT2D eigenvalue weighted by atomic mass is 19.4. The molecule has 4 heterocycles. The minimum Gasteiger partial charge on any atom is -0.368 e. The largest absolute Gasteiger partial charge is 0.418 e. The molecule has 0 aliphatic carbocycles. The lowest BCUT2D eigenvalue weighted by Gasteiger charge is -2.37. The molecule has 0 bridgehead atoms. The summed E-state index contributed by atoms with van der Waals surface area (Å²) in [4.78, 5) is 46.5. The van der Waals surface area contributed by atoms with E-state index in [-0.39, 0.29) is 29.3 Å². The number of amides is 4. The normalized spacial score (nSPS) is 15.3. The molecule has 2 N–H and O–H groups in total. The molecule has 7 rings (SSSR count). The second kappa shape index (κ2) is 14.2. The second-order valence-corrected chi connectivity index (χ2v) is 12.6. The number of carbonyl (C=O) groups excluding carboxylic acids is 3. The van der Waals surface area contributed by atoms with Gasteiger partial charge in [0, 0.05) is 80.1 Å². The molecule has 2 aliphatic heterocycles. The van der Waals surface area contributed by atoms with Gasteiger partial charge in [-0.15, -0.1) is 0 Å². The summed E-state index contributed by atoms with van der Waals surface area (Å²) in [6, 6.07) is 19.4. The van der Waals surface area contributed by atoms with Crippen LogP contribution in [0.1, 0.15) is 44.7 Å². The highest BCUT2D eigenvalue weighted by Crippen LogP contribution is 2.39. The third-order valence-electron chi connectivity index (χ3n) is 9.08. The van der Waals surface area contributed by atoms with E-state index in [0.29, 0.717) is 61.9 Å². The monoisotopic (exact) mass is 706 g/mol. The number of nitrogens with one attached hydrogen (secondary N) is 2. The number of imide groups is 1. The van der Waals surface area contributed by atoms with Gasteiger partial charge in [0.15, 0.2) is 5.65 Å². The first-order valence-corrected chi connectivity index (χ1v) is 16.6. The van der Waals surface area contributed by atoms with Crippen LogP contribution in [0.2, 0.25) is 0 Å². The van der Waals surface area contributed by atoms with Gasteiger partial charge in [-0.3, -0.25) is 24.7 Å². The Morgan fingerprint density at radius 2 is 1.73 bits per heavy atom. The molecule has 0 saturated carbocycles. The number of piperazine rings is 1.